The Hall–Kier alpha value is -1.06. The van der Waals surface area contributed by atoms with Crippen LogP contribution in [0.3, 0.4) is 0 Å². The molecule has 2 fully saturated rings. The molecule has 2 saturated heterocycles. The van der Waals surface area contributed by atoms with Crippen LogP contribution in [0.2, 0.25) is 0 Å². The van der Waals surface area contributed by atoms with Gasteiger partial charge in [0.2, 0.25) is 5.78 Å². The average molecular weight is 346 g/mol. The smallest absolute Gasteiger partial charge is 0.374 e. The summed E-state index contributed by atoms with van der Waals surface area (Å²) in [5.74, 6) is -3.47. The van der Waals surface area contributed by atoms with Crippen LogP contribution in [0.25, 0.3) is 0 Å². The van der Waals surface area contributed by atoms with Crippen LogP contribution in [0.1, 0.15) is 41.0 Å². The molecule has 8 nitrogen and oxygen atoms in total. The highest BCUT2D eigenvalue weighted by molar-refractivity contribution is 6.33. The van der Waals surface area contributed by atoms with Gasteiger partial charge in [0.05, 0.1) is 19.3 Å². The predicted octanol–water partition coefficient (Wildman–Crippen LogP) is 0.541. The predicted molar refractivity (Wildman–Crippen MR) is 81.0 cm³/mol. The summed E-state index contributed by atoms with van der Waals surface area (Å²) in [7, 11) is 0. The third-order valence-corrected chi connectivity index (χ3v) is 3.84. The number of aliphatic hydroxyl groups excluding tert-OH is 1. The topological polar surface area (TPSA) is 101 Å². The highest BCUT2D eigenvalue weighted by Gasteiger charge is 2.52. The zero-order chi connectivity index (χ0) is 18.1. The van der Waals surface area contributed by atoms with Crippen LogP contribution >= 0.6 is 0 Å². The maximum atomic E-state index is 11.8. The van der Waals surface area contributed by atoms with Gasteiger partial charge in [-0.2, -0.15) is 0 Å². The molecule has 0 saturated carbocycles. The van der Waals surface area contributed by atoms with Crippen LogP contribution in [-0.2, 0) is 33.3 Å². The van der Waals surface area contributed by atoms with Crippen molar-refractivity contribution in [3.63, 3.8) is 0 Å². The summed E-state index contributed by atoms with van der Waals surface area (Å²) < 4.78 is 27.5. The number of ketones is 1. The minimum atomic E-state index is -1.22. The van der Waals surface area contributed by atoms with Gasteiger partial charge in [-0.1, -0.05) is 0 Å². The Balaban J connectivity index is 2.05. The lowest BCUT2D eigenvalue weighted by Crippen LogP contribution is -2.45. The maximum absolute atomic E-state index is 11.8. The summed E-state index contributed by atoms with van der Waals surface area (Å²) in [5.41, 5.74) is 0. The molecular weight excluding hydrogens is 320 g/mol. The number of hydrogen-bond acceptors (Lipinski definition) is 8. The summed E-state index contributed by atoms with van der Waals surface area (Å²) >= 11 is 0. The molecule has 8 heteroatoms. The van der Waals surface area contributed by atoms with Gasteiger partial charge >= 0.3 is 5.97 Å². The minimum Gasteiger partial charge on any atom is -0.460 e. The Bertz CT molecular complexity index is 486. The van der Waals surface area contributed by atoms with E-state index in [4.69, 9.17) is 18.9 Å². The molecule has 0 aromatic rings. The summed E-state index contributed by atoms with van der Waals surface area (Å²) in [6.45, 7) is 8.97. The molecule has 1 N–H and O–H groups in total. The van der Waals surface area contributed by atoms with Gasteiger partial charge in [0.15, 0.2) is 11.6 Å². The molecule has 2 heterocycles. The van der Waals surface area contributed by atoms with Crippen LogP contribution in [-0.4, -0.2) is 66.1 Å². The lowest BCUT2D eigenvalue weighted by Gasteiger charge is -2.26. The first kappa shape index (κ1) is 19.3. The van der Waals surface area contributed by atoms with E-state index < -0.39 is 54.2 Å². The van der Waals surface area contributed by atoms with Crippen LogP contribution in [0.15, 0.2) is 0 Å². The van der Waals surface area contributed by atoms with E-state index in [1.54, 1.807) is 34.6 Å². The van der Waals surface area contributed by atoms with Crippen LogP contribution < -0.4 is 0 Å². The Morgan fingerprint density at radius 3 is 2.38 bits per heavy atom. The lowest BCUT2D eigenvalue weighted by molar-refractivity contribution is -0.175. The first-order valence-electron chi connectivity index (χ1n) is 8.10. The third-order valence-electron chi connectivity index (χ3n) is 3.84. The fourth-order valence-corrected chi connectivity index (χ4v) is 2.88. The molecule has 2 aliphatic heterocycles. The molecule has 0 aromatic heterocycles. The highest BCUT2D eigenvalue weighted by atomic mass is 16.8. The first-order valence-corrected chi connectivity index (χ1v) is 8.10. The van der Waals surface area contributed by atoms with Gasteiger partial charge in [-0.15, -0.1) is 0 Å². The van der Waals surface area contributed by atoms with E-state index in [1.807, 2.05) is 0 Å². The molecule has 0 bridgehead atoms. The molecule has 138 valence electrons. The van der Waals surface area contributed by atoms with E-state index in [1.165, 1.54) is 0 Å². The Morgan fingerprint density at radius 2 is 1.83 bits per heavy atom. The average Bonchev–Trinajstić information content (AvgIpc) is 2.98. The fraction of sp³-hybridized carbons (Fsp3) is 0.875. The van der Waals surface area contributed by atoms with Crippen molar-refractivity contribution in [2.75, 3.05) is 13.2 Å². The van der Waals surface area contributed by atoms with Crippen molar-refractivity contribution in [1.29, 1.82) is 0 Å². The van der Waals surface area contributed by atoms with Crippen LogP contribution in [0.5, 0.6) is 0 Å². The van der Waals surface area contributed by atoms with Crippen molar-refractivity contribution in [3.05, 3.63) is 0 Å². The monoisotopic (exact) mass is 346 g/mol. The number of carbonyl (C=O) groups excluding carboxylic acids is 2. The van der Waals surface area contributed by atoms with E-state index in [0.29, 0.717) is 0 Å². The van der Waals surface area contributed by atoms with Gasteiger partial charge in [-0.25, -0.2) is 4.79 Å². The molecule has 2 rings (SSSR count). The third kappa shape index (κ3) is 4.52. The normalized spacial score (nSPS) is 32.5. The second-order valence-electron chi connectivity index (χ2n) is 6.85. The molecule has 24 heavy (non-hydrogen) atoms. The number of rotatable bonds is 6. The molecule has 0 spiro atoms. The van der Waals surface area contributed by atoms with Gasteiger partial charge in [-0.05, 0) is 34.6 Å². The zero-order valence-corrected chi connectivity index (χ0v) is 14.7. The maximum Gasteiger partial charge on any atom is 0.374 e. The number of hydrogen-bond donors (Lipinski definition) is 1. The largest absolute Gasteiger partial charge is 0.460 e. The standard InChI is InChI=1S/C16H26O8/c1-6-20-14(19)10(18)7-9(17)12-13(24-16(4,5)23-12)11-8-21-15(2,3)22-11/h9,11-13,17H,6-8H2,1-5H3/t9-,11-,12-,13-/m1/s1. The summed E-state index contributed by atoms with van der Waals surface area (Å²) in [6.07, 6.45) is -3.51. The van der Waals surface area contributed by atoms with Gasteiger partial charge < -0.3 is 28.8 Å². The molecule has 0 amide bonds. The van der Waals surface area contributed by atoms with E-state index in [0.717, 1.165) is 0 Å². The second kappa shape index (κ2) is 7.05. The molecule has 0 unspecified atom stereocenters. The first-order chi connectivity index (χ1) is 11.0. The summed E-state index contributed by atoms with van der Waals surface area (Å²) in [4.78, 5) is 23.2. The zero-order valence-electron chi connectivity index (χ0n) is 14.7. The van der Waals surface area contributed by atoms with Crippen molar-refractivity contribution in [2.24, 2.45) is 0 Å². The Morgan fingerprint density at radius 1 is 1.17 bits per heavy atom. The minimum absolute atomic E-state index is 0.0989. The number of ether oxygens (including phenoxy) is 5. The van der Waals surface area contributed by atoms with Gasteiger partial charge in [-0.3, -0.25) is 4.79 Å². The lowest BCUT2D eigenvalue weighted by atomic mass is 9.99. The van der Waals surface area contributed by atoms with Crippen molar-refractivity contribution >= 4 is 11.8 Å². The molecule has 4 atom stereocenters. The molecule has 0 aliphatic carbocycles. The second-order valence-corrected chi connectivity index (χ2v) is 6.85. The van der Waals surface area contributed by atoms with Crippen molar-refractivity contribution < 1.29 is 38.4 Å². The van der Waals surface area contributed by atoms with Gasteiger partial charge in [0.25, 0.3) is 0 Å². The van der Waals surface area contributed by atoms with Crippen molar-refractivity contribution in [1.82, 2.24) is 0 Å². The van der Waals surface area contributed by atoms with Crippen molar-refractivity contribution in [3.8, 4) is 0 Å². The van der Waals surface area contributed by atoms with Gasteiger partial charge in [0, 0.05) is 6.42 Å². The van der Waals surface area contributed by atoms with Crippen molar-refractivity contribution in [2.45, 2.75) is 77.0 Å². The number of carbonyl (C=O) groups is 2. The molecular formula is C16H26O8. The molecule has 0 radical (unpaired) electrons. The van der Waals surface area contributed by atoms with Gasteiger partial charge in [0.1, 0.15) is 18.3 Å². The quantitative estimate of drug-likeness (QED) is 0.549. The number of Topliss-reactive ketones (excluding diaryl/α,β-unsaturated/α-hetero) is 1. The van der Waals surface area contributed by atoms with E-state index >= 15 is 0 Å². The Labute approximate surface area is 141 Å². The fourth-order valence-electron chi connectivity index (χ4n) is 2.88. The number of esters is 1. The molecule has 2 aliphatic rings. The van der Waals surface area contributed by atoms with Crippen LogP contribution in [0, 0.1) is 0 Å². The highest BCUT2D eigenvalue weighted by Crippen LogP contribution is 2.37. The summed E-state index contributed by atoms with van der Waals surface area (Å²) in [6, 6.07) is 0. The summed E-state index contributed by atoms with van der Waals surface area (Å²) in [5, 5.41) is 10.4. The van der Waals surface area contributed by atoms with E-state index in [2.05, 4.69) is 4.74 Å². The van der Waals surface area contributed by atoms with E-state index in [-0.39, 0.29) is 13.2 Å². The van der Waals surface area contributed by atoms with E-state index in [9.17, 15) is 14.7 Å². The Kier molecular flexibility index (Phi) is 5.66. The van der Waals surface area contributed by atoms with Crippen LogP contribution in [0.4, 0.5) is 0 Å². The number of aliphatic hydroxyl groups is 1. The molecule has 0 aromatic carbocycles. The SMILES string of the molecule is CCOC(=O)C(=O)C[C@@H](O)[C@H]1OC(C)(C)O[C@@H]1[C@H]1COC(C)(C)O1.